The summed E-state index contributed by atoms with van der Waals surface area (Å²) in [6.45, 7) is 0. The van der Waals surface area contributed by atoms with Crippen molar-refractivity contribution in [2.24, 2.45) is 0 Å². The van der Waals surface area contributed by atoms with Crippen molar-refractivity contribution in [3.8, 4) is 0 Å². The summed E-state index contributed by atoms with van der Waals surface area (Å²) in [6.07, 6.45) is 1.61. The highest BCUT2D eigenvalue weighted by Crippen LogP contribution is 2.37. The Morgan fingerprint density at radius 2 is 1.37 bits per heavy atom. The van der Waals surface area contributed by atoms with Crippen LogP contribution in [0.4, 0.5) is 11.4 Å². The van der Waals surface area contributed by atoms with Crippen LogP contribution in [0.25, 0.3) is 6.08 Å². The van der Waals surface area contributed by atoms with Gasteiger partial charge in [0.25, 0.3) is 11.8 Å². The number of halogens is 3. The summed E-state index contributed by atoms with van der Waals surface area (Å²) >= 11 is 17.0. The molecule has 0 saturated heterocycles. The van der Waals surface area contributed by atoms with Crippen LogP contribution in [0, 0.1) is 0 Å². The van der Waals surface area contributed by atoms with Crippen molar-refractivity contribution >= 4 is 86.1 Å². The minimum atomic E-state index is -0.580. The smallest absolute Gasteiger partial charge is 0.272 e. The molecule has 3 N–H and O–H groups in total. The Morgan fingerprint density at radius 1 is 0.696 bits per heavy atom. The number of carbonyl (C=O) groups excluding carboxylic acids is 3. The summed E-state index contributed by atoms with van der Waals surface area (Å²) < 4.78 is 0.836. The van der Waals surface area contributed by atoms with E-state index >= 15 is 0 Å². The Bertz CT molecular complexity index is 1890. The largest absolute Gasteiger partial charge is 0.325 e. The fourth-order valence-electron chi connectivity index (χ4n) is 4.34. The van der Waals surface area contributed by atoms with Gasteiger partial charge in [0.15, 0.2) is 0 Å². The molecule has 46 heavy (non-hydrogen) atoms. The number of nitrogens with one attached hydrogen (secondary N) is 3. The predicted octanol–water partition coefficient (Wildman–Crippen LogP) is 9.64. The minimum absolute atomic E-state index is 0.0773. The highest BCUT2D eigenvalue weighted by molar-refractivity contribution is 9.10. The Hall–Kier alpha value is -4.34. The van der Waals surface area contributed by atoms with E-state index in [-0.39, 0.29) is 11.6 Å². The lowest BCUT2D eigenvalue weighted by Crippen LogP contribution is -2.30. The van der Waals surface area contributed by atoms with Crippen LogP contribution in [0.1, 0.15) is 26.7 Å². The number of anilines is 2. The SMILES string of the molecule is O=C(Nc1ccc(SC(C(=O)Nc2ccc(Cl)c(Cl)c2)c2ccccc2)cc1)/C(=C/c1cccc(Br)c1)NC(=O)c1ccccc1. The summed E-state index contributed by atoms with van der Waals surface area (Å²) in [6, 6.07) is 37.6. The predicted molar refractivity (Wildman–Crippen MR) is 191 cm³/mol. The fourth-order valence-corrected chi connectivity index (χ4v) is 6.08. The number of hydrogen-bond donors (Lipinski definition) is 3. The van der Waals surface area contributed by atoms with Crippen LogP contribution in [0.5, 0.6) is 0 Å². The Morgan fingerprint density at radius 3 is 2.04 bits per heavy atom. The molecule has 0 aliphatic carbocycles. The average molecular weight is 731 g/mol. The zero-order valence-electron chi connectivity index (χ0n) is 24.0. The van der Waals surface area contributed by atoms with E-state index in [0.717, 1.165) is 20.5 Å². The van der Waals surface area contributed by atoms with Crippen LogP contribution in [-0.4, -0.2) is 17.7 Å². The second-order valence-electron chi connectivity index (χ2n) is 9.94. The first kappa shape index (κ1) is 33.0. The van der Waals surface area contributed by atoms with E-state index in [1.165, 1.54) is 11.8 Å². The second kappa shape index (κ2) is 15.8. The topological polar surface area (TPSA) is 87.3 Å². The summed E-state index contributed by atoms with van der Waals surface area (Å²) in [5, 5.41) is 8.70. The minimum Gasteiger partial charge on any atom is -0.325 e. The van der Waals surface area contributed by atoms with E-state index in [1.54, 1.807) is 60.7 Å². The molecule has 0 aliphatic rings. The maximum atomic E-state index is 13.5. The lowest BCUT2D eigenvalue weighted by Gasteiger charge is -2.18. The third kappa shape index (κ3) is 9.11. The zero-order chi connectivity index (χ0) is 32.5. The molecule has 230 valence electrons. The third-order valence-corrected chi connectivity index (χ3v) is 9.08. The molecule has 0 bridgehead atoms. The molecule has 0 aliphatic heterocycles. The zero-order valence-corrected chi connectivity index (χ0v) is 28.0. The van der Waals surface area contributed by atoms with E-state index in [4.69, 9.17) is 23.2 Å². The van der Waals surface area contributed by atoms with E-state index in [0.29, 0.717) is 27.0 Å². The van der Waals surface area contributed by atoms with Crippen LogP contribution in [0.2, 0.25) is 10.0 Å². The van der Waals surface area contributed by atoms with Crippen molar-refractivity contribution < 1.29 is 14.4 Å². The molecule has 3 amide bonds. The molecule has 0 heterocycles. The molecule has 5 aromatic carbocycles. The molecule has 1 atom stereocenters. The average Bonchev–Trinajstić information content (AvgIpc) is 3.06. The molecule has 5 aromatic rings. The van der Waals surface area contributed by atoms with Gasteiger partial charge in [-0.2, -0.15) is 0 Å². The summed E-state index contributed by atoms with van der Waals surface area (Å²) in [4.78, 5) is 40.6. The number of thioether (sulfide) groups is 1. The first-order valence-corrected chi connectivity index (χ1v) is 16.4. The number of amides is 3. The van der Waals surface area contributed by atoms with E-state index in [1.807, 2.05) is 72.8 Å². The fraction of sp³-hybridized carbons (Fsp3) is 0.0278. The first-order valence-electron chi connectivity index (χ1n) is 14.0. The van der Waals surface area contributed by atoms with Crippen molar-refractivity contribution in [2.45, 2.75) is 10.1 Å². The maximum absolute atomic E-state index is 13.5. The Kier molecular flexibility index (Phi) is 11.3. The first-order chi connectivity index (χ1) is 22.2. The molecule has 0 aromatic heterocycles. The van der Waals surface area contributed by atoms with Gasteiger partial charge in [0.05, 0.1) is 10.0 Å². The van der Waals surface area contributed by atoms with Gasteiger partial charge in [-0.15, -0.1) is 11.8 Å². The van der Waals surface area contributed by atoms with Gasteiger partial charge in [-0.25, -0.2) is 0 Å². The quantitative estimate of drug-likeness (QED) is 0.0987. The molecular formula is C36H26BrCl2N3O3S. The number of hydrogen-bond acceptors (Lipinski definition) is 4. The van der Waals surface area contributed by atoms with Crippen molar-refractivity contribution in [1.82, 2.24) is 5.32 Å². The highest BCUT2D eigenvalue weighted by atomic mass is 79.9. The molecular weight excluding hydrogens is 705 g/mol. The lowest BCUT2D eigenvalue weighted by atomic mass is 10.1. The normalized spacial score (nSPS) is 11.8. The van der Waals surface area contributed by atoms with Gasteiger partial charge in [0, 0.05) is 26.3 Å². The van der Waals surface area contributed by atoms with Crippen molar-refractivity contribution in [2.75, 3.05) is 10.6 Å². The highest BCUT2D eigenvalue weighted by Gasteiger charge is 2.23. The van der Waals surface area contributed by atoms with Gasteiger partial charge >= 0.3 is 0 Å². The Balaban J connectivity index is 1.33. The van der Waals surface area contributed by atoms with Gasteiger partial charge in [-0.3, -0.25) is 14.4 Å². The van der Waals surface area contributed by atoms with Crippen molar-refractivity contribution in [3.63, 3.8) is 0 Å². The Labute approximate surface area is 289 Å². The number of rotatable bonds is 10. The molecule has 6 nitrogen and oxygen atoms in total. The molecule has 1 unspecified atom stereocenters. The van der Waals surface area contributed by atoms with Crippen molar-refractivity contribution in [1.29, 1.82) is 0 Å². The van der Waals surface area contributed by atoms with Gasteiger partial charge in [0.2, 0.25) is 5.91 Å². The van der Waals surface area contributed by atoms with Gasteiger partial charge in [-0.05, 0) is 83.9 Å². The van der Waals surface area contributed by atoms with Crippen LogP contribution in [-0.2, 0) is 9.59 Å². The van der Waals surface area contributed by atoms with Crippen LogP contribution >= 0.6 is 50.9 Å². The molecule has 0 radical (unpaired) electrons. The number of benzene rings is 5. The van der Waals surface area contributed by atoms with Gasteiger partial charge < -0.3 is 16.0 Å². The van der Waals surface area contributed by atoms with E-state index in [2.05, 4.69) is 31.9 Å². The van der Waals surface area contributed by atoms with Crippen LogP contribution in [0.15, 0.2) is 142 Å². The molecule has 5 rings (SSSR count). The third-order valence-electron chi connectivity index (χ3n) is 6.58. The monoisotopic (exact) mass is 729 g/mol. The van der Waals surface area contributed by atoms with Crippen molar-refractivity contribution in [3.05, 3.63) is 164 Å². The van der Waals surface area contributed by atoms with Gasteiger partial charge in [-0.1, -0.05) is 99.8 Å². The summed E-state index contributed by atoms with van der Waals surface area (Å²) in [5.41, 5.74) is 3.09. The van der Waals surface area contributed by atoms with Crippen LogP contribution < -0.4 is 16.0 Å². The van der Waals surface area contributed by atoms with E-state index in [9.17, 15) is 14.4 Å². The lowest BCUT2D eigenvalue weighted by molar-refractivity contribution is -0.116. The maximum Gasteiger partial charge on any atom is 0.272 e. The molecule has 10 heteroatoms. The van der Waals surface area contributed by atoms with Crippen LogP contribution in [0.3, 0.4) is 0 Å². The van der Waals surface area contributed by atoms with Gasteiger partial charge in [0.1, 0.15) is 10.9 Å². The summed E-state index contributed by atoms with van der Waals surface area (Å²) in [7, 11) is 0. The van der Waals surface area contributed by atoms with E-state index < -0.39 is 17.1 Å². The second-order valence-corrected chi connectivity index (χ2v) is 12.8. The molecule has 0 saturated carbocycles. The molecule has 0 spiro atoms. The number of carbonyl (C=O) groups is 3. The summed E-state index contributed by atoms with van der Waals surface area (Å²) in [5.74, 6) is -1.13. The standard InChI is InChI=1S/C36H26BrCl2N3O3S/c37-26-13-7-8-23(20-26)21-32(42-34(43)25-11-5-2-6-12-25)35(44)40-27-14-17-29(18-15-27)46-33(24-9-3-1-4-10-24)36(45)41-28-16-19-30(38)31(39)22-28/h1-22,33H,(H,40,44)(H,41,45)(H,42,43)/b32-21-. The molecule has 0 fully saturated rings.